The van der Waals surface area contributed by atoms with Gasteiger partial charge >= 0.3 is 5.97 Å². The smallest absolute Gasteiger partial charge is 0.308 e. The molecule has 108 valence electrons. The van der Waals surface area contributed by atoms with Gasteiger partial charge in [-0.1, -0.05) is 0 Å². The zero-order valence-electron chi connectivity index (χ0n) is 11.6. The van der Waals surface area contributed by atoms with Gasteiger partial charge in [0.2, 0.25) is 0 Å². The van der Waals surface area contributed by atoms with Crippen molar-refractivity contribution in [3.8, 4) is 0 Å². The molecule has 1 aromatic rings. The summed E-state index contributed by atoms with van der Waals surface area (Å²) >= 11 is 0. The van der Waals surface area contributed by atoms with E-state index in [9.17, 15) is 9.59 Å². The number of ether oxygens (including phenoxy) is 1. The van der Waals surface area contributed by atoms with Crippen molar-refractivity contribution in [2.24, 2.45) is 5.92 Å². The van der Waals surface area contributed by atoms with Gasteiger partial charge in [0.15, 0.2) is 6.29 Å². The van der Waals surface area contributed by atoms with E-state index in [4.69, 9.17) is 4.74 Å². The van der Waals surface area contributed by atoms with Gasteiger partial charge in [0, 0.05) is 13.1 Å². The fraction of sp³-hybridized carbons (Fsp3) is 0.571. The lowest BCUT2D eigenvalue weighted by Gasteiger charge is -2.21. The molecule has 0 spiro atoms. The Kier molecular flexibility index (Phi) is 5.03. The van der Waals surface area contributed by atoms with Crippen molar-refractivity contribution >= 4 is 18.1 Å². The van der Waals surface area contributed by atoms with Gasteiger partial charge in [-0.05, 0) is 26.2 Å². The summed E-state index contributed by atoms with van der Waals surface area (Å²) in [6.07, 6.45) is 6.27. The number of hydrogen-bond acceptors (Lipinski definition) is 6. The summed E-state index contributed by atoms with van der Waals surface area (Å²) in [7, 11) is 0. The molecule has 2 heterocycles. The first kappa shape index (κ1) is 14.4. The zero-order valence-corrected chi connectivity index (χ0v) is 11.6. The van der Waals surface area contributed by atoms with Crippen LogP contribution < -0.4 is 4.90 Å². The lowest BCUT2D eigenvalue weighted by atomic mass is 10.0. The van der Waals surface area contributed by atoms with E-state index in [1.807, 2.05) is 6.92 Å². The number of esters is 1. The standard InChI is InChI=1S/C14H19N3O3/c1-2-20-14(19)11-4-3-6-17(7-5-11)13-9-15-12(10-18)8-16-13/h8-11H,2-7H2,1H3. The first-order valence-electron chi connectivity index (χ1n) is 6.93. The molecule has 0 bridgehead atoms. The zero-order chi connectivity index (χ0) is 14.4. The Morgan fingerprint density at radius 2 is 2.25 bits per heavy atom. The first-order valence-corrected chi connectivity index (χ1v) is 6.93. The van der Waals surface area contributed by atoms with Crippen molar-refractivity contribution in [3.05, 3.63) is 18.1 Å². The Morgan fingerprint density at radius 1 is 1.40 bits per heavy atom. The van der Waals surface area contributed by atoms with Crippen molar-refractivity contribution in [1.29, 1.82) is 0 Å². The normalized spacial score (nSPS) is 19.2. The van der Waals surface area contributed by atoms with E-state index < -0.39 is 0 Å². The molecule has 0 aliphatic carbocycles. The average Bonchev–Trinajstić information content (AvgIpc) is 2.73. The van der Waals surface area contributed by atoms with Crippen LogP contribution in [0.25, 0.3) is 0 Å². The van der Waals surface area contributed by atoms with Gasteiger partial charge in [-0.2, -0.15) is 0 Å². The summed E-state index contributed by atoms with van der Waals surface area (Å²) in [5.41, 5.74) is 0.327. The molecule has 1 atom stereocenters. The average molecular weight is 277 g/mol. The highest BCUT2D eigenvalue weighted by atomic mass is 16.5. The fourth-order valence-electron chi connectivity index (χ4n) is 2.38. The van der Waals surface area contributed by atoms with Gasteiger partial charge in [0.05, 0.1) is 24.9 Å². The predicted octanol–water partition coefficient (Wildman–Crippen LogP) is 1.46. The first-order chi connectivity index (χ1) is 9.74. The van der Waals surface area contributed by atoms with E-state index in [2.05, 4.69) is 14.9 Å². The number of carbonyl (C=O) groups is 2. The number of anilines is 1. The van der Waals surface area contributed by atoms with Crippen LogP contribution in [0, 0.1) is 5.92 Å². The predicted molar refractivity (Wildman–Crippen MR) is 73.6 cm³/mol. The minimum absolute atomic E-state index is 0.0258. The largest absolute Gasteiger partial charge is 0.466 e. The van der Waals surface area contributed by atoms with E-state index in [1.54, 1.807) is 6.20 Å². The van der Waals surface area contributed by atoms with Crippen LogP contribution in [-0.4, -0.2) is 41.9 Å². The van der Waals surface area contributed by atoms with Crippen molar-refractivity contribution in [2.45, 2.75) is 26.2 Å². The second-order valence-corrected chi connectivity index (χ2v) is 4.78. The molecule has 1 saturated heterocycles. The minimum Gasteiger partial charge on any atom is -0.466 e. The fourth-order valence-corrected chi connectivity index (χ4v) is 2.38. The van der Waals surface area contributed by atoms with E-state index in [0.29, 0.717) is 18.6 Å². The SMILES string of the molecule is CCOC(=O)C1CCCN(c2cnc(C=O)cn2)CC1. The van der Waals surface area contributed by atoms with E-state index in [1.165, 1.54) is 6.20 Å². The van der Waals surface area contributed by atoms with E-state index >= 15 is 0 Å². The number of nitrogens with zero attached hydrogens (tertiary/aromatic N) is 3. The minimum atomic E-state index is -0.100. The van der Waals surface area contributed by atoms with E-state index in [-0.39, 0.29) is 11.9 Å². The summed E-state index contributed by atoms with van der Waals surface area (Å²) in [5.74, 6) is 0.624. The van der Waals surface area contributed by atoms with E-state index in [0.717, 1.165) is 38.2 Å². The van der Waals surface area contributed by atoms with Crippen molar-refractivity contribution in [1.82, 2.24) is 9.97 Å². The lowest BCUT2D eigenvalue weighted by Crippen LogP contribution is -2.26. The number of aldehydes is 1. The monoisotopic (exact) mass is 277 g/mol. The second kappa shape index (κ2) is 6.98. The lowest BCUT2D eigenvalue weighted by molar-refractivity contribution is -0.148. The molecule has 0 amide bonds. The van der Waals surface area contributed by atoms with Crippen LogP contribution in [0.15, 0.2) is 12.4 Å². The van der Waals surface area contributed by atoms with Crippen molar-refractivity contribution < 1.29 is 14.3 Å². The molecule has 6 heteroatoms. The number of carbonyl (C=O) groups excluding carboxylic acids is 2. The van der Waals surface area contributed by atoms with Crippen LogP contribution >= 0.6 is 0 Å². The molecule has 0 aromatic carbocycles. The Morgan fingerprint density at radius 3 is 2.90 bits per heavy atom. The summed E-state index contributed by atoms with van der Waals surface area (Å²) in [6, 6.07) is 0. The highest BCUT2D eigenvalue weighted by Crippen LogP contribution is 2.21. The van der Waals surface area contributed by atoms with Crippen LogP contribution in [0.4, 0.5) is 5.82 Å². The van der Waals surface area contributed by atoms with Crippen molar-refractivity contribution in [3.63, 3.8) is 0 Å². The molecule has 1 aromatic heterocycles. The highest BCUT2D eigenvalue weighted by molar-refractivity contribution is 5.72. The number of hydrogen-bond donors (Lipinski definition) is 0. The quantitative estimate of drug-likeness (QED) is 0.613. The maximum atomic E-state index is 11.8. The van der Waals surface area contributed by atoms with Crippen LogP contribution in [0.1, 0.15) is 36.7 Å². The maximum absolute atomic E-state index is 11.8. The summed E-state index contributed by atoms with van der Waals surface area (Å²) in [6.45, 7) is 3.84. The molecular formula is C14H19N3O3. The Labute approximate surface area is 118 Å². The molecule has 6 nitrogen and oxygen atoms in total. The van der Waals surface area contributed by atoms with Gasteiger partial charge in [-0.25, -0.2) is 9.97 Å². The van der Waals surface area contributed by atoms with Crippen molar-refractivity contribution in [2.75, 3.05) is 24.6 Å². The molecule has 0 saturated carbocycles. The van der Waals surface area contributed by atoms with Gasteiger partial charge in [0.1, 0.15) is 11.5 Å². The molecule has 2 rings (SSSR count). The van der Waals surface area contributed by atoms with Gasteiger partial charge < -0.3 is 9.64 Å². The van der Waals surface area contributed by atoms with Crippen LogP contribution in [0.3, 0.4) is 0 Å². The maximum Gasteiger partial charge on any atom is 0.308 e. The van der Waals surface area contributed by atoms with Crippen LogP contribution in [-0.2, 0) is 9.53 Å². The number of rotatable bonds is 4. The topological polar surface area (TPSA) is 72.4 Å². The third-order valence-electron chi connectivity index (χ3n) is 3.45. The second-order valence-electron chi connectivity index (χ2n) is 4.78. The summed E-state index contributed by atoms with van der Waals surface area (Å²) < 4.78 is 5.08. The highest BCUT2D eigenvalue weighted by Gasteiger charge is 2.24. The van der Waals surface area contributed by atoms with Gasteiger partial charge in [0.25, 0.3) is 0 Å². The molecule has 1 aliphatic rings. The van der Waals surface area contributed by atoms with Gasteiger partial charge in [-0.3, -0.25) is 9.59 Å². The molecule has 1 fully saturated rings. The van der Waals surface area contributed by atoms with Crippen LogP contribution in [0.2, 0.25) is 0 Å². The number of aromatic nitrogens is 2. The molecule has 20 heavy (non-hydrogen) atoms. The van der Waals surface area contributed by atoms with Crippen LogP contribution in [0.5, 0.6) is 0 Å². The third-order valence-corrected chi connectivity index (χ3v) is 3.45. The summed E-state index contributed by atoms with van der Waals surface area (Å²) in [5, 5.41) is 0. The summed E-state index contributed by atoms with van der Waals surface area (Å²) in [4.78, 5) is 32.7. The Bertz CT molecular complexity index is 461. The molecule has 0 radical (unpaired) electrons. The molecule has 1 unspecified atom stereocenters. The Balaban J connectivity index is 1.98. The van der Waals surface area contributed by atoms with Gasteiger partial charge in [-0.15, -0.1) is 0 Å². The molecule has 0 N–H and O–H groups in total. The Hall–Kier alpha value is -1.98. The third kappa shape index (κ3) is 3.53. The molecular weight excluding hydrogens is 258 g/mol. The molecule has 1 aliphatic heterocycles.